The van der Waals surface area contributed by atoms with Crippen molar-refractivity contribution < 1.29 is 8.42 Å². The first kappa shape index (κ1) is 14.9. The molecule has 15 heavy (non-hydrogen) atoms. The van der Waals surface area contributed by atoms with Crippen LogP contribution in [0.5, 0.6) is 0 Å². The van der Waals surface area contributed by atoms with Gasteiger partial charge in [0.25, 0.3) is 0 Å². The fourth-order valence-corrected chi connectivity index (χ4v) is 1.94. The van der Waals surface area contributed by atoms with Crippen molar-refractivity contribution in [3.05, 3.63) is 0 Å². The van der Waals surface area contributed by atoms with E-state index in [4.69, 9.17) is 0 Å². The van der Waals surface area contributed by atoms with Crippen molar-refractivity contribution in [1.82, 2.24) is 10.2 Å². The van der Waals surface area contributed by atoms with Crippen molar-refractivity contribution in [2.45, 2.75) is 26.3 Å². The minimum atomic E-state index is -2.83. The van der Waals surface area contributed by atoms with Gasteiger partial charge in [-0.05, 0) is 33.5 Å². The monoisotopic (exact) mass is 236 g/mol. The molecule has 0 aliphatic rings. The molecule has 0 amide bonds. The van der Waals surface area contributed by atoms with Crippen LogP contribution in [0, 0.1) is 0 Å². The summed E-state index contributed by atoms with van der Waals surface area (Å²) in [6.45, 7) is 6.77. The van der Waals surface area contributed by atoms with Gasteiger partial charge < -0.3 is 10.2 Å². The molecule has 0 aliphatic carbocycles. The highest BCUT2D eigenvalue weighted by molar-refractivity contribution is 7.90. The minimum absolute atomic E-state index is 0.249. The fourth-order valence-electron chi connectivity index (χ4n) is 1.30. The number of sulfone groups is 1. The third-order valence-electron chi connectivity index (χ3n) is 2.34. The average molecular weight is 236 g/mol. The summed E-state index contributed by atoms with van der Waals surface area (Å²) in [4.78, 5) is 2.06. The van der Waals surface area contributed by atoms with Gasteiger partial charge in [-0.25, -0.2) is 8.42 Å². The first-order valence-electron chi connectivity index (χ1n) is 5.44. The van der Waals surface area contributed by atoms with Gasteiger partial charge >= 0.3 is 0 Å². The van der Waals surface area contributed by atoms with Crippen molar-refractivity contribution >= 4 is 9.84 Å². The first-order valence-corrected chi connectivity index (χ1v) is 7.51. The van der Waals surface area contributed by atoms with Gasteiger partial charge in [-0.3, -0.25) is 0 Å². The van der Waals surface area contributed by atoms with Gasteiger partial charge in [-0.1, -0.05) is 6.92 Å². The Morgan fingerprint density at radius 3 is 2.40 bits per heavy atom. The zero-order chi connectivity index (χ0) is 11.9. The van der Waals surface area contributed by atoms with Gasteiger partial charge in [0.2, 0.25) is 0 Å². The summed E-state index contributed by atoms with van der Waals surface area (Å²) < 4.78 is 21.9. The van der Waals surface area contributed by atoms with Gasteiger partial charge in [-0.2, -0.15) is 0 Å². The molecule has 0 saturated carbocycles. The van der Waals surface area contributed by atoms with E-state index in [2.05, 4.69) is 24.1 Å². The molecule has 0 aliphatic heterocycles. The molecule has 0 aromatic carbocycles. The lowest BCUT2D eigenvalue weighted by Crippen LogP contribution is -2.32. The highest BCUT2D eigenvalue weighted by Gasteiger charge is 2.06. The highest BCUT2D eigenvalue weighted by atomic mass is 32.2. The predicted octanol–water partition coefficient (Wildman–Crippen LogP) is 0.351. The standard InChI is InChI=1S/C10H24N2O2S/c1-5-11-10(2)6-7-12(3)8-9-15(4,13)14/h10-11H,5-9H2,1-4H3. The van der Waals surface area contributed by atoms with Crippen LogP contribution in [0.4, 0.5) is 0 Å². The highest BCUT2D eigenvalue weighted by Crippen LogP contribution is 1.94. The third kappa shape index (κ3) is 10.2. The molecule has 0 fully saturated rings. The lowest BCUT2D eigenvalue weighted by molar-refractivity contribution is 0.327. The van der Waals surface area contributed by atoms with Gasteiger partial charge in [0.15, 0.2) is 0 Å². The van der Waals surface area contributed by atoms with E-state index in [0.29, 0.717) is 12.6 Å². The summed E-state index contributed by atoms with van der Waals surface area (Å²) in [5, 5.41) is 3.33. The van der Waals surface area contributed by atoms with Crippen LogP contribution in [-0.4, -0.2) is 58.1 Å². The van der Waals surface area contributed by atoms with Crippen LogP contribution in [0.2, 0.25) is 0 Å². The van der Waals surface area contributed by atoms with Gasteiger partial charge in [0.1, 0.15) is 9.84 Å². The maximum Gasteiger partial charge on any atom is 0.148 e. The lowest BCUT2D eigenvalue weighted by Gasteiger charge is -2.19. The molecule has 1 N–H and O–H groups in total. The average Bonchev–Trinajstić information content (AvgIpc) is 2.11. The molecule has 0 aromatic heterocycles. The topological polar surface area (TPSA) is 49.4 Å². The van der Waals surface area contributed by atoms with E-state index in [1.807, 2.05) is 7.05 Å². The van der Waals surface area contributed by atoms with Crippen molar-refractivity contribution in [3.63, 3.8) is 0 Å². The summed E-state index contributed by atoms with van der Waals surface area (Å²) in [5.74, 6) is 0.249. The van der Waals surface area contributed by atoms with Crippen molar-refractivity contribution in [3.8, 4) is 0 Å². The van der Waals surface area contributed by atoms with Gasteiger partial charge in [0, 0.05) is 18.8 Å². The summed E-state index contributed by atoms with van der Waals surface area (Å²) in [5.41, 5.74) is 0. The SMILES string of the molecule is CCNC(C)CCN(C)CCS(C)(=O)=O. The molecule has 1 unspecified atom stereocenters. The Morgan fingerprint density at radius 2 is 1.93 bits per heavy atom. The molecule has 0 heterocycles. The van der Waals surface area contributed by atoms with E-state index in [0.717, 1.165) is 19.5 Å². The third-order valence-corrected chi connectivity index (χ3v) is 3.26. The molecule has 4 nitrogen and oxygen atoms in total. The normalized spacial score (nSPS) is 14.5. The molecule has 0 bridgehead atoms. The van der Waals surface area contributed by atoms with E-state index in [9.17, 15) is 8.42 Å². The zero-order valence-electron chi connectivity index (χ0n) is 10.3. The summed E-state index contributed by atoms with van der Waals surface area (Å²) >= 11 is 0. The quantitative estimate of drug-likeness (QED) is 0.661. The molecule has 1 atom stereocenters. The Morgan fingerprint density at radius 1 is 1.33 bits per heavy atom. The van der Waals surface area contributed by atoms with E-state index in [1.54, 1.807) is 0 Å². The van der Waals surface area contributed by atoms with Crippen LogP contribution in [0.3, 0.4) is 0 Å². The number of hydrogen-bond acceptors (Lipinski definition) is 4. The maximum absolute atomic E-state index is 10.9. The van der Waals surface area contributed by atoms with Gasteiger partial charge in [0.05, 0.1) is 5.75 Å². The first-order chi connectivity index (χ1) is 6.85. The molecule has 0 saturated heterocycles. The van der Waals surface area contributed by atoms with Crippen LogP contribution in [0.1, 0.15) is 20.3 Å². The van der Waals surface area contributed by atoms with E-state index in [1.165, 1.54) is 6.26 Å². The van der Waals surface area contributed by atoms with Crippen LogP contribution in [0.15, 0.2) is 0 Å². The largest absolute Gasteiger partial charge is 0.314 e. The maximum atomic E-state index is 10.9. The molecule has 0 radical (unpaired) electrons. The fraction of sp³-hybridized carbons (Fsp3) is 1.00. The zero-order valence-corrected chi connectivity index (χ0v) is 11.1. The summed E-state index contributed by atoms with van der Waals surface area (Å²) in [7, 11) is -0.863. The smallest absolute Gasteiger partial charge is 0.148 e. The minimum Gasteiger partial charge on any atom is -0.314 e. The number of nitrogens with zero attached hydrogens (tertiary/aromatic N) is 1. The van der Waals surface area contributed by atoms with Crippen molar-refractivity contribution in [2.24, 2.45) is 0 Å². The van der Waals surface area contributed by atoms with E-state index >= 15 is 0 Å². The lowest BCUT2D eigenvalue weighted by atomic mass is 10.2. The Labute approximate surface area is 94.0 Å². The number of rotatable bonds is 8. The number of hydrogen-bond donors (Lipinski definition) is 1. The second-order valence-corrected chi connectivity index (χ2v) is 6.44. The van der Waals surface area contributed by atoms with E-state index in [-0.39, 0.29) is 5.75 Å². The van der Waals surface area contributed by atoms with Crippen molar-refractivity contribution in [2.75, 3.05) is 38.7 Å². The number of nitrogens with one attached hydrogen (secondary N) is 1. The van der Waals surface area contributed by atoms with Crippen LogP contribution < -0.4 is 5.32 Å². The summed E-state index contributed by atoms with van der Waals surface area (Å²) in [6, 6.07) is 0.496. The van der Waals surface area contributed by atoms with Gasteiger partial charge in [-0.15, -0.1) is 0 Å². The van der Waals surface area contributed by atoms with Crippen LogP contribution >= 0.6 is 0 Å². The Bertz CT molecular complexity index is 252. The second-order valence-electron chi connectivity index (χ2n) is 4.18. The molecule has 0 aromatic rings. The molecule has 0 spiro atoms. The van der Waals surface area contributed by atoms with Crippen LogP contribution in [0.25, 0.3) is 0 Å². The molecule has 0 rings (SSSR count). The van der Waals surface area contributed by atoms with E-state index < -0.39 is 9.84 Å². The second kappa shape index (κ2) is 7.19. The Balaban J connectivity index is 3.61. The molecular weight excluding hydrogens is 212 g/mol. The molecule has 92 valence electrons. The molecule has 5 heteroatoms. The Kier molecular flexibility index (Phi) is 7.13. The Hall–Kier alpha value is -0.130. The summed E-state index contributed by atoms with van der Waals surface area (Å²) in [6.07, 6.45) is 2.33. The van der Waals surface area contributed by atoms with Crippen LogP contribution in [-0.2, 0) is 9.84 Å². The predicted molar refractivity (Wildman–Crippen MR) is 65.0 cm³/mol. The van der Waals surface area contributed by atoms with Crippen molar-refractivity contribution in [1.29, 1.82) is 0 Å². The molecular formula is C10H24N2O2S.